The SMILES string of the molecule is C=c1ccc2c(c1)C=C[C@H]1C=2C=Cc2ccccc21. The molecule has 2 aromatic rings. The quantitative estimate of drug-likeness (QED) is 0.666. The van der Waals surface area contributed by atoms with Crippen LogP contribution >= 0.6 is 0 Å². The molecule has 0 fully saturated rings. The van der Waals surface area contributed by atoms with Crippen LogP contribution < -0.4 is 10.4 Å². The van der Waals surface area contributed by atoms with Crippen LogP contribution in [0.4, 0.5) is 0 Å². The van der Waals surface area contributed by atoms with Gasteiger partial charge < -0.3 is 0 Å². The van der Waals surface area contributed by atoms with E-state index in [9.17, 15) is 0 Å². The van der Waals surface area contributed by atoms with Crippen LogP contribution in [-0.2, 0) is 0 Å². The highest BCUT2D eigenvalue weighted by molar-refractivity contribution is 5.84. The maximum absolute atomic E-state index is 4.01. The van der Waals surface area contributed by atoms with E-state index in [0.717, 1.165) is 5.22 Å². The summed E-state index contributed by atoms with van der Waals surface area (Å²) in [5, 5.41) is 2.41. The Labute approximate surface area is 112 Å². The molecule has 1 atom stereocenters. The minimum absolute atomic E-state index is 0.393. The summed E-state index contributed by atoms with van der Waals surface area (Å²) in [6.07, 6.45) is 9.02. The van der Waals surface area contributed by atoms with Gasteiger partial charge in [0.1, 0.15) is 0 Å². The van der Waals surface area contributed by atoms with Gasteiger partial charge in [0.2, 0.25) is 0 Å². The van der Waals surface area contributed by atoms with Gasteiger partial charge in [-0.05, 0) is 38.8 Å². The number of fused-ring (bicyclic) bond motifs is 4. The first-order valence-electron chi connectivity index (χ1n) is 6.61. The van der Waals surface area contributed by atoms with Gasteiger partial charge in [0.05, 0.1) is 0 Å². The second-order valence-corrected chi connectivity index (χ2v) is 5.18. The van der Waals surface area contributed by atoms with E-state index in [-0.39, 0.29) is 0 Å². The second kappa shape index (κ2) is 3.83. The first kappa shape index (κ1) is 10.6. The molecule has 0 N–H and O–H groups in total. The number of hydrogen-bond acceptors (Lipinski definition) is 0. The number of allylic oxidation sites excluding steroid dienone is 2. The van der Waals surface area contributed by atoms with Crippen molar-refractivity contribution in [3.8, 4) is 0 Å². The maximum Gasteiger partial charge on any atom is 0.0284 e. The molecule has 4 rings (SSSR count). The van der Waals surface area contributed by atoms with Crippen LogP contribution in [0.3, 0.4) is 0 Å². The highest BCUT2D eigenvalue weighted by atomic mass is 14.2. The fourth-order valence-electron chi connectivity index (χ4n) is 3.07. The first-order chi connectivity index (χ1) is 9.33. The van der Waals surface area contributed by atoms with Gasteiger partial charge in [0.15, 0.2) is 0 Å². The van der Waals surface area contributed by atoms with Crippen molar-refractivity contribution in [1.29, 1.82) is 0 Å². The van der Waals surface area contributed by atoms with Gasteiger partial charge in [0.25, 0.3) is 0 Å². The zero-order valence-electron chi connectivity index (χ0n) is 10.6. The van der Waals surface area contributed by atoms with Gasteiger partial charge in [-0.15, -0.1) is 0 Å². The lowest BCUT2D eigenvalue weighted by Gasteiger charge is -2.25. The van der Waals surface area contributed by atoms with Crippen LogP contribution in [0.15, 0.2) is 54.6 Å². The summed E-state index contributed by atoms with van der Waals surface area (Å²) in [6, 6.07) is 15.1. The molecule has 0 bridgehead atoms. The molecule has 0 radical (unpaired) electrons. The summed E-state index contributed by atoms with van der Waals surface area (Å²) in [5.41, 5.74) is 5.41. The molecular formula is C19H14. The lowest BCUT2D eigenvalue weighted by molar-refractivity contribution is 1.08. The maximum atomic E-state index is 4.01. The van der Waals surface area contributed by atoms with Crippen LogP contribution in [0.1, 0.15) is 22.6 Å². The number of rotatable bonds is 0. The smallest absolute Gasteiger partial charge is 0.0284 e. The Kier molecular flexibility index (Phi) is 2.13. The summed E-state index contributed by atoms with van der Waals surface area (Å²) in [6.45, 7) is 4.01. The van der Waals surface area contributed by atoms with Crippen molar-refractivity contribution in [2.75, 3.05) is 0 Å². The Morgan fingerprint density at radius 3 is 2.68 bits per heavy atom. The molecule has 0 nitrogen and oxygen atoms in total. The summed E-state index contributed by atoms with van der Waals surface area (Å²) in [5.74, 6) is 0.393. The predicted octanol–water partition coefficient (Wildman–Crippen LogP) is 3.09. The highest BCUT2D eigenvalue weighted by Gasteiger charge is 2.21. The van der Waals surface area contributed by atoms with Gasteiger partial charge in [0, 0.05) is 5.92 Å². The molecule has 2 aliphatic rings. The van der Waals surface area contributed by atoms with E-state index in [4.69, 9.17) is 0 Å². The third kappa shape index (κ3) is 1.53. The van der Waals surface area contributed by atoms with Gasteiger partial charge in [-0.2, -0.15) is 0 Å². The van der Waals surface area contributed by atoms with Gasteiger partial charge >= 0.3 is 0 Å². The van der Waals surface area contributed by atoms with Crippen LogP contribution in [0.5, 0.6) is 0 Å². The van der Waals surface area contributed by atoms with E-state index in [1.54, 1.807) is 0 Å². The van der Waals surface area contributed by atoms with E-state index < -0.39 is 0 Å². The third-order valence-corrected chi connectivity index (χ3v) is 4.00. The van der Waals surface area contributed by atoms with E-state index in [1.165, 1.54) is 27.5 Å². The topological polar surface area (TPSA) is 0 Å². The molecule has 19 heavy (non-hydrogen) atoms. The molecule has 0 saturated heterocycles. The number of hydrogen-bond donors (Lipinski definition) is 0. The summed E-state index contributed by atoms with van der Waals surface area (Å²) in [4.78, 5) is 0. The average Bonchev–Trinajstić information content (AvgIpc) is 2.46. The predicted molar refractivity (Wildman–Crippen MR) is 81.9 cm³/mol. The minimum atomic E-state index is 0.393. The van der Waals surface area contributed by atoms with Crippen molar-refractivity contribution in [2.45, 2.75) is 5.92 Å². The molecule has 0 aliphatic heterocycles. The molecule has 2 aromatic carbocycles. The zero-order chi connectivity index (χ0) is 12.8. The van der Waals surface area contributed by atoms with Gasteiger partial charge in [-0.1, -0.05) is 67.3 Å². The molecule has 0 heterocycles. The van der Waals surface area contributed by atoms with Crippen molar-refractivity contribution < 1.29 is 0 Å². The Balaban J connectivity index is 2.06. The monoisotopic (exact) mass is 242 g/mol. The fraction of sp³-hybridized carbons (Fsp3) is 0.0526. The molecule has 0 spiro atoms. The Morgan fingerprint density at radius 2 is 1.74 bits per heavy atom. The molecule has 90 valence electrons. The fourth-order valence-corrected chi connectivity index (χ4v) is 3.07. The van der Waals surface area contributed by atoms with Crippen molar-refractivity contribution in [1.82, 2.24) is 0 Å². The first-order valence-corrected chi connectivity index (χ1v) is 6.61. The van der Waals surface area contributed by atoms with Crippen molar-refractivity contribution in [3.63, 3.8) is 0 Å². The van der Waals surface area contributed by atoms with Crippen LogP contribution in [-0.4, -0.2) is 0 Å². The van der Waals surface area contributed by atoms with E-state index in [1.807, 2.05) is 0 Å². The molecule has 0 aromatic heterocycles. The van der Waals surface area contributed by atoms with E-state index >= 15 is 0 Å². The standard InChI is InChI=1S/C19H14/c1-13-6-9-17-15(12-13)8-11-18-16-5-3-2-4-14(16)7-10-19(17)18/h2-12,18H,1H2/t18-/m1/s1. The molecular weight excluding hydrogens is 228 g/mol. The van der Waals surface area contributed by atoms with Crippen LogP contribution in [0, 0.1) is 0 Å². The Hall–Kier alpha value is -2.34. The average molecular weight is 242 g/mol. The summed E-state index contributed by atoms with van der Waals surface area (Å²) < 4.78 is 0. The summed E-state index contributed by atoms with van der Waals surface area (Å²) >= 11 is 0. The molecule has 0 amide bonds. The van der Waals surface area contributed by atoms with E-state index in [0.29, 0.717) is 5.92 Å². The third-order valence-electron chi connectivity index (χ3n) is 4.00. The van der Waals surface area contributed by atoms with Crippen molar-refractivity contribution in [3.05, 3.63) is 81.7 Å². The minimum Gasteiger partial charge on any atom is -0.0917 e. The van der Waals surface area contributed by atoms with Gasteiger partial charge in [-0.25, -0.2) is 0 Å². The Morgan fingerprint density at radius 1 is 0.842 bits per heavy atom. The second-order valence-electron chi connectivity index (χ2n) is 5.18. The lowest BCUT2D eigenvalue weighted by Crippen LogP contribution is -2.21. The van der Waals surface area contributed by atoms with E-state index in [2.05, 4.69) is 73.3 Å². The number of benzene rings is 2. The van der Waals surface area contributed by atoms with Crippen molar-refractivity contribution in [2.24, 2.45) is 0 Å². The van der Waals surface area contributed by atoms with Crippen LogP contribution in [0.2, 0.25) is 0 Å². The lowest BCUT2D eigenvalue weighted by atomic mass is 9.79. The van der Waals surface area contributed by atoms with Crippen molar-refractivity contribution >= 4 is 24.3 Å². The zero-order valence-corrected chi connectivity index (χ0v) is 10.6. The van der Waals surface area contributed by atoms with Gasteiger partial charge in [-0.3, -0.25) is 0 Å². The normalized spacial score (nSPS) is 18.7. The largest absolute Gasteiger partial charge is 0.0917 e. The molecule has 0 heteroatoms. The summed E-state index contributed by atoms with van der Waals surface area (Å²) in [7, 11) is 0. The molecule has 2 aliphatic carbocycles. The Bertz CT molecular complexity index is 835. The molecule has 0 saturated carbocycles. The highest BCUT2D eigenvalue weighted by Crippen LogP contribution is 2.36. The van der Waals surface area contributed by atoms with Crippen LogP contribution in [0.25, 0.3) is 24.3 Å². The molecule has 0 unspecified atom stereocenters.